The number of ketones is 1. The highest BCUT2D eigenvalue weighted by atomic mass is 16.3. The van der Waals surface area contributed by atoms with Crippen molar-refractivity contribution in [1.82, 2.24) is 0 Å². The molecule has 84 valence electrons. The molecule has 2 heteroatoms. The van der Waals surface area contributed by atoms with E-state index >= 15 is 0 Å². The number of furan rings is 1. The van der Waals surface area contributed by atoms with E-state index in [4.69, 9.17) is 4.42 Å². The third kappa shape index (κ3) is 1.62. The molecule has 2 fully saturated rings. The highest BCUT2D eigenvalue weighted by molar-refractivity contribution is 6.03. The van der Waals surface area contributed by atoms with Crippen molar-refractivity contribution in [2.24, 2.45) is 11.8 Å². The molecule has 0 bridgehead atoms. The molecular formula is C14H16O2. The van der Waals surface area contributed by atoms with Crippen LogP contribution in [0.25, 0.3) is 6.08 Å². The van der Waals surface area contributed by atoms with Crippen molar-refractivity contribution in [3.8, 4) is 0 Å². The van der Waals surface area contributed by atoms with Crippen LogP contribution in [0.5, 0.6) is 0 Å². The summed E-state index contributed by atoms with van der Waals surface area (Å²) in [6.07, 6.45) is 9.39. The Morgan fingerprint density at radius 1 is 1.31 bits per heavy atom. The van der Waals surface area contributed by atoms with Crippen LogP contribution in [-0.2, 0) is 4.79 Å². The minimum Gasteiger partial charge on any atom is -0.465 e. The number of Topliss-reactive ketones (excluding diaryl/α,β-unsaturated/α-hetero) is 1. The first-order valence-electron chi connectivity index (χ1n) is 6.13. The summed E-state index contributed by atoms with van der Waals surface area (Å²) in [5.41, 5.74) is 0.979. The zero-order chi connectivity index (χ0) is 11.0. The second-order valence-corrected chi connectivity index (χ2v) is 4.90. The second kappa shape index (κ2) is 3.93. The second-order valence-electron chi connectivity index (χ2n) is 4.90. The Balaban J connectivity index is 1.85. The maximum atomic E-state index is 12.2. The molecule has 1 aromatic rings. The molecule has 0 aromatic carbocycles. The molecule has 0 aliphatic heterocycles. The molecular weight excluding hydrogens is 200 g/mol. The lowest BCUT2D eigenvalue weighted by Crippen LogP contribution is -2.18. The molecule has 1 aromatic heterocycles. The van der Waals surface area contributed by atoms with E-state index in [1.807, 2.05) is 18.2 Å². The largest absolute Gasteiger partial charge is 0.465 e. The van der Waals surface area contributed by atoms with E-state index in [9.17, 15) is 4.79 Å². The standard InChI is InChI=1S/C14H16O2/c15-14-11(9-12-5-3-7-16-12)8-10-4-1-2-6-13(10)14/h3,5,7,9-10,13H,1-2,4,6,8H2/b11-9+/t10-,13-/m0/s1. The SMILES string of the molecule is O=C1/C(=C/c2ccco2)C[C@@H]2CCCC[C@H]12. The molecule has 2 atom stereocenters. The van der Waals surface area contributed by atoms with Gasteiger partial charge in [0.2, 0.25) is 0 Å². The Morgan fingerprint density at radius 2 is 2.19 bits per heavy atom. The summed E-state index contributed by atoms with van der Waals surface area (Å²) in [6, 6.07) is 3.77. The zero-order valence-electron chi connectivity index (χ0n) is 9.32. The maximum Gasteiger partial charge on any atom is 0.162 e. The van der Waals surface area contributed by atoms with Crippen molar-refractivity contribution >= 4 is 11.9 Å². The number of carbonyl (C=O) groups excluding carboxylic acids is 1. The van der Waals surface area contributed by atoms with Crippen LogP contribution >= 0.6 is 0 Å². The fourth-order valence-corrected chi connectivity index (χ4v) is 3.09. The summed E-state index contributed by atoms with van der Waals surface area (Å²) in [6.45, 7) is 0. The first-order chi connectivity index (χ1) is 7.84. The average Bonchev–Trinajstić information content (AvgIpc) is 2.90. The number of hydrogen-bond acceptors (Lipinski definition) is 2. The van der Waals surface area contributed by atoms with Crippen LogP contribution in [0.1, 0.15) is 37.9 Å². The molecule has 1 heterocycles. The van der Waals surface area contributed by atoms with Gasteiger partial charge in [-0.25, -0.2) is 0 Å². The summed E-state index contributed by atoms with van der Waals surface area (Å²) >= 11 is 0. The predicted octanol–water partition coefficient (Wildman–Crippen LogP) is 3.44. The Kier molecular flexibility index (Phi) is 2.43. The predicted molar refractivity (Wildman–Crippen MR) is 61.8 cm³/mol. The van der Waals surface area contributed by atoms with Crippen molar-refractivity contribution in [3.05, 3.63) is 29.7 Å². The normalized spacial score (nSPS) is 32.0. The van der Waals surface area contributed by atoms with Gasteiger partial charge in [-0.2, -0.15) is 0 Å². The highest BCUT2D eigenvalue weighted by Crippen LogP contribution is 2.42. The molecule has 0 radical (unpaired) electrons. The van der Waals surface area contributed by atoms with Crippen molar-refractivity contribution in [3.63, 3.8) is 0 Å². The summed E-state index contributed by atoms with van der Waals surface area (Å²) in [4.78, 5) is 12.2. The third-order valence-corrected chi connectivity index (χ3v) is 3.90. The Hall–Kier alpha value is -1.31. The van der Waals surface area contributed by atoms with E-state index < -0.39 is 0 Å². The van der Waals surface area contributed by atoms with Crippen LogP contribution in [0.15, 0.2) is 28.4 Å². The minimum atomic E-state index is 0.315. The lowest BCUT2D eigenvalue weighted by molar-refractivity contribution is -0.119. The van der Waals surface area contributed by atoms with Crippen LogP contribution in [0.4, 0.5) is 0 Å². The molecule has 2 saturated carbocycles. The molecule has 2 aliphatic carbocycles. The van der Waals surface area contributed by atoms with Gasteiger partial charge in [-0.3, -0.25) is 4.79 Å². The molecule has 16 heavy (non-hydrogen) atoms. The summed E-state index contributed by atoms with van der Waals surface area (Å²) in [7, 11) is 0. The minimum absolute atomic E-state index is 0.315. The molecule has 0 amide bonds. The Labute approximate surface area is 95.3 Å². The number of fused-ring (bicyclic) bond motifs is 1. The van der Waals surface area contributed by atoms with Gasteiger partial charge in [-0.05, 0) is 49.0 Å². The monoisotopic (exact) mass is 216 g/mol. The van der Waals surface area contributed by atoms with E-state index in [-0.39, 0.29) is 0 Å². The van der Waals surface area contributed by atoms with Gasteiger partial charge in [0.1, 0.15) is 5.76 Å². The van der Waals surface area contributed by atoms with Gasteiger partial charge in [-0.1, -0.05) is 12.8 Å². The summed E-state index contributed by atoms with van der Waals surface area (Å²) < 4.78 is 5.27. The number of hydrogen-bond donors (Lipinski definition) is 0. The van der Waals surface area contributed by atoms with E-state index in [0.717, 1.165) is 24.2 Å². The first kappa shape index (κ1) is 9.88. The molecule has 0 N–H and O–H groups in total. The molecule has 0 saturated heterocycles. The van der Waals surface area contributed by atoms with Gasteiger partial charge in [0.25, 0.3) is 0 Å². The lowest BCUT2D eigenvalue weighted by atomic mass is 9.81. The van der Waals surface area contributed by atoms with Crippen molar-refractivity contribution < 1.29 is 9.21 Å². The van der Waals surface area contributed by atoms with Crippen molar-refractivity contribution in [1.29, 1.82) is 0 Å². The van der Waals surface area contributed by atoms with Gasteiger partial charge < -0.3 is 4.42 Å². The zero-order valence-corrected chi connectivity index (χ0v) is 9.32. The first-order valence-corrected chi connectivity index (χ1v) is 6.13. The van der Waals surface area contributed by atoms with Crippen LogP contribution in [0.3, 0.4) is 0 Å². The Morgan fingerprint density at radius 3 is 2.94 bits per heavy atom. The fraction of sp³-hybridized carbons (Fsp3) is 0.500. The highest BCUT2D eigenvalue weighted by Gasteiger charge is 2.39. The summed E-state index contributed by atoms with van der Waals surface area (Å²) in [5, 5.41) is 0. The van der Waals surface area contributed by atoms with E-state index in [1.165, 1.54) is 19.3 Å². The van der Waals surface area contributed by atoms with Crippen LogP contribution in [-0.4, -0.2) is 5.78 Å². The quantitative estimate of drug-likeness (QED) is 0.673. The number of allylic oxidation sites excluding steroid dienone is 1. The molecule has 2 aliphatic rings. The molecule has 0 spiro atoms. The number of rotatable bonds is 1. The van der Waals surface area contributed by atoms with Crippen molar-refractivity contribution in [2.75, 3.05) is 0 Å². The van der Waals surface area contributed by atoms with Gasteiger partial charge in [0, 0.05) is 5.92 Å². The van der Waals surface area contributed by atoms with Gasteiger partial charge >= 0.3 is 0 Å². The third-order valence-electron chi connectivity index (χ3n) is 3.90. The van der Waals surface area contributed by atoms with E-state index in [1.54, 1.807) is 6.26 Å². The number of carbonyl (C=O) groups is 1. The molecule has 2 nitrogen and oxygen atoms in total. The van der Waals surface area contributed by atoms with Crippen LogP contribution < -0.4 is 0 Å². The van der Waals surface area contributed by atoms with Crippen LogP contribution in [0.2, 0.25) is 0 Å². The fourth-order valence-electron chi connectivity index (χ4n) is 3.09. The van der Waals surface area contributed by atoms with Gasteiger partial charge in [0.15, 0.2) is 5.78 Å². The van der Waals surface area contributed by atoms with Gasteiger partial charge in [-0.15, -0.1) is 0 Å². The lowest BCUT2D eigenvalue weighted by Gasteiger charge is -2.22. The average molecular weight is 216 g/mol. The van der Waals surface area contributed by atoms with Crippen LogP contribution in [0, 0.1) is 11.8 Å². The van der Waals surface area contributed by atoms with Crippen molar-refractivity contribution in [2.45, 2.75) is 32.1 Å². The maximum absolute atomic E-state index is 12.2. The smallest absolute Gasteiger partial charge is 0.162 e. The van der Waals surface area contributed by atoms with E-state index in [0.29, 0.717) is 17.6 Å². The molecule has 0 unspecified atom stereocenters. The topological polar surface area (TPSA) is 30.2 Å². The van der Waals surface area contributed by atoms with Gasteiger partial charge in [0.05, 0.1) is 6.26 Å². The van der Waals surface area contributed by atoms with E-state index in [2.05, 4.69) is 0 Å². The Bertz CT molecular complexity index is 414. The summed E-state index contributed by atoms with van der Waals surface area (Å²) in [5.74, 6) is 2.11. The molecule has 3 rings (SSSR count).